The van der Waals surface area contributed by atoms with Gasteiger partial charge in [0.2, 0.25) is 5.91 Å². The van der Waals surface area contributed by atoms with Crippen LogP contribution in [0.5, 0.6) is 0 Å². The molecule has 0 aliphatic heterocycles. The Labute approximate surface area is 115 Å². The number of rotatable bonds is 7. The van der Waals surface area contributed by atoms with Gasteiger partial charge in [0.05, 0.1) is 11.5 Å². The van der Waals surface area contributed by atoms with Crippen molar-refractivity contribution in [1.29, 1.82) is 0 Å². The fraction of sp³-hybridized carbons (Fsp3) is 0.308. The molecule has 0 aliphatic rings. The first-order valence-corrected chi connectivity index (χ1v) is 6.84. The topological polar surface area (TPSA) is 83.5 Å². The zero-order valence-corrected chi connectivity index (χ0v) is 11.3. The number of Topliss-reactive ketones (excluding diaryl/α,β-unsaturated/α-hetero) is 1. The van der Waals surface area contributed by atoms with Crippen molar-refractivity contribution < 1.29 is 19.5 Å². The fourth-order valence-corrected chi connectivity index (χ4v) is 2.01. The summed E-state index contributed by atoms with van der Waals surface area (Å²) in [6.07, 6.45) is 0. The molecule has 6 heteroatoms. The van der Waals surface area contributed by atoms with E-state index < -0.39 is 12.0 Å². The number of benzene rings is 1. The summed E-state index contributed by atoms with van der Waals surface area (Å²) in [7, 11) is 0. The van der Waals surface area contributed by atoms with Crippen LogP contribution in [0.3, 0.4) is 0 Å². The van der Waals surface area contributed by atoms with Gasteiger partial charge in [-0.1, -0.05) is 30.3 Å². The standard InChI is InChI=1S/C13H15NO4S/c1-9(13(17)18)14-12(16)8-19-7-11(15)10-5-3-2-4-6-10/h2-6,9H,7-8H2,1H3,(H,14,16)(H,17,18)/t9-/m0/s1. The number of carboxylic acids is 1. The molecule has 0 fully saturated rings. The van der Waals surface area contributed by atoms with Gasteiger partial charge in [-0.15, -0.1) is 11.8 Å². The van der Waals surface area contributed by atoms with Crippen molar-refractivity contribution in [2.45, 2.75) is 13.0 Å². The lowest BCUT2D eigenvalue weighted by Crippen LogP contribution is -2.39. The van der Waals surface area contributed by atoms with Crippen LogP contribution in [0.15, 0.2) is 30.3 Å². The van der Waals surface area contributed by atoms with Gasteiger partial charge >= 0.3 is 5.97 Å². The van der Waals surface area contributed by atoms with Gasteiger partial charge in [-0.3, -0.25) is 14.4 Å². The molecule has 0 spiro atoms. The minimum Gasteiger partial charge on any atom is -0.480 e. The zero-order valence-electron chi connectivity index (χ0n) is 10.5. The molecule has 5 nitrogen and oxygen atoms in total. The number of nitrogens with one attached hydrogen (secondary N) is 1. The molecule has 1 amide bonds. The van der Waals surface area contributed by atoms with Crippen LogP contribution in [0.4, 0.5) is 0 Å². The molecule has 0 bridgehead atoms. The molecule has 0 unspecified atom stereocenters. The molecule has 1 aromatic carbocycles. The highest BCUT2D eigenvalue weighted by Gasteiger charge is 2.14. The third-order valence-electron chi connectivity index (χ3n) is 2.31. The van der Waals surface area contributed by atoms with Crippen LogP contribution in [0.2, 0.25) is 0 Å². The maximum atomic E-state index is 11.7. The highest BCUT2D eigenvalue weighted by atomic mass is 32.2. The van der Waals surface area contributed by atoms with Crippen molar-refractivity contribution in [2.24, 2.45) is 0 Å². The molecule has 1 atom stereocenters. The average molecular weight is 281 g/mol. The van der Waals surface area contributed by atoms with E-state index in [9.17, 15) is 14.4 Å². The van der Waals surface area contributed by atoms with E-state index in [4.69, 9.17) is 5.11 Å². The number of carboxylic acid groups (broad SMARTS) is 1. The second-order valence-electron chi connectivity index (χ2n) is 3.91. The van der Waals surface area contributed by atoms with Crippen LogP contribution >= 0.6 is 11.8 Å². The first kappa shape index (κ1) is 15.2. The first-order valence-electron chi connectivity index (χ1n) is 5.69. The maximum absolute atomic E-state index is 11.7. The highest BCUT2D eigenvalue weighted by molar-refractivity contribution is 8.00. The second kappa shape index (κ2) is 7.58. The van der Waals surface area contributed by atoms with Crippen LogP contribution < -0.4 is 5.32 Å². The minimum absolute atomic E-state index is 0.0512. The van der Waals surface area contributed by atoms with Gasteiger partial charge < -0.3 is 10.4 Å². The van der Waals surface area contributed by atoms with E-state index >= 15 is 0 Å². The Morgan fingerprint density at radius 3 is 2.42 bits per heavy atom. The zero-order chi connectivity index (χ0) is 14.3. The van der Waals surface area contributed by atoms with E-state index in [1.807, 2.05) is 6.07 Å². The van der Waals surface area contributed by atoms with E-state index in [2.05, 4.69) is 5.32 Å². The van der Waals surface area contributed by atoms with E-state index in [0.717, 1.165) is 11.8 Å². The van der Waals surface area contributed by atoms with Gasteiger partial charge in [0.1, 0.15) is 6.04 Å². The lowest BCUT2D eigenvalue weighted by atomic mass is 10.2. The third kappa shape index (κ3) is 5.56. The van der Waals surface area contributed by atoms with E-state index in [1.54, 1.807) is 24.3 Å². The Balaban J connectivity index is 2.29. The molecule has 0 aliphatic carbocycles. The van der Waals surface area contributed by atoms with Crippen molar-refractivity contribution in [1.82, 2.24) is 5.32 Å². The van der Waals surface area contributed by atoms with Crippen LogP contribution in [0, 0.1) is 0 Å². The van der Waals surface area contributed by atoms with Crippen LogP contribution in [-0.2, 0) is 9.59 Å². The summed E-state index contributed by atoms with van der Waals surface area (Å²) in [4.78, 5) is 33.6. The normalized spacial score (nSPS) is 11.6. The second-order valence-corrected chi connectivity index (χ2v) is 4.90. The van der Waals surface area contributed by atoms with Gasteiger partial charge in [0.25, 0.3) is 0 Å². The van der Waals surface area contributed by atoms with Crippen LogP contribution in [-0.4, -0.2) is 40.3 Å². The van der Waals surface area contributed by atoms with Gasteiger partial charge in [-0.05, 0) is 6.92 Å². The Morgan fingerprint density at radius 1 is 1.21 bits per heavy atom. The molecule has 0 saturated heterocycles. The van der Waals surface area contributed by atoms with Crippen molar-refractivity contribution in [2.75, 3.05) is 11.5 Å². The number of carbonyl (C=O) groups is 3. The monoisotopic (exact) mass is 281 g/mol. The number of hydrogen-bond acceptors (Lipinski definition) is 4. The molecule has 1 aromatic rings. The van der Waals surface area contributed by atoms with Gasteiger partial charge in [0.15, 0.2) is 5.78 Å². The highest BCUT2D eigenvalue weighted by Crippen LogP contribution is 2.07. The number of amides is 1. The SMILES string of the molecule is C[C@H](NC(=O)CSCC(=O)c1ccccc1)C(=O)O. The van der Waals surface area contributed by atoms with E-state index in [0.29, 0.717) is 5.56 Å². The molecule has 1 rings (SSSR count). The van der Waals surface area contributed by atoms with Gasteiger partial charge in [-0.2, -0.15) is 0 Å². The smallest absolute Gasteiger partial charge is 0.325 e. The third-order valence-corrected chi connectivity index (χ3v) is 3.24. The summed E-state index contributed by atoms with van der Waals surface area (Å²) in [5, 5.41) is 10.9. The number of hydrogen-bond donors (Lipinski definition) is 2. The molecule has 102 valence electrons. The molecular weight excluding hydrogens is 266 g/mol. The number of thioether (sulfide) groups is 1. The van der Waals surface area contributed by atoms with E-state index in [1.165, 1.54) is 6.92 Å². The lowest BCUT2D eigenvalue weighted by Gasteiger charge is -2.08. The number of aliphatic carboxylic acids is 1. The first-order chi connectivity index (χ1) is 9.00. The Hall–Kier alpha value is -1.82. The van der Waals surface area contributed by atoms with Crippen LogP contribution in [0.1, 0.15) is 17.3 Å². The molecular formula is C13H15NO4S. The summed E-state index contributed by atoms with van der Waals surface area (Å²) >= 11 is 1.16. The summed E-state index contributed by atoms with van der Waals surface area (Å²) in [6, 6.07) is 7.89. The summed E-state index contributed by atoms with van der Waals surface area (Å²) in [6.45, 7) is 1.39. The molecule has 0 saturated carbocycles. The van der Waals surface area contributed by atoms with Crippen LogP contribution in [0.25, 0.3) is 0 Å². The van der Waals surface area contributed by atoms with Crippen molar-refractivity contribution in [3.63, 3.8) is 0 Å². The quantitative estimate of drug-likeness (QED) is 0.734. The summed E-state index contributed by atoms with van der Waals surface area (Å²) in [5.41, 5.74) is 0.606. The van der Waals surface area contributed by atoms with Crippen molar-refractivity contribution >= 4 is 29.4 Å². The predicted molar refractivity (Wildman–Crippen MR) is 73.3 cm³/mol. The number of ketones is 1. The molecule has 0 aromatic heterocycles. The molecule has 19 heavy (non-hydrogen) atoms. The lowest BCUT2D eigenvalue weighted by molar-refractivity contribution is -0.140. The molecule has 0 radical (unpaired) electrons. The maximum Gasteiger partial charge on any atom is 0.325 e. The summed E-state index contributed by atoms with van der Waals surface area (Å²) < 4.78 is 0. The minimum atomic E-state index is -1.08. The van der Waals surface area contributed by atoms with E-state index in [-0.39, 0.29) is 23.2 Å². The van der Waals surface area contributed by atoms with Gasteiger partial charge in [0, 0.05) is 5.56 Å². The number of carbonyl (C=O) groups excluding carboxylic acids is 2. The molecule has 0 heterocycles. The molecule has 2 N–H and O–H groups in total. The fourth-order valence-electron chi connectivity index (χ4n) is 1.29. The van der Waals surface area contributed by atoms with Crippen molar-refractivity contribution in [3.05, 3.63) is 35.9 Å². The largest absolute Gasteiger partial charge is 0.480 e. The predicted octanol–water partition coefficient (Wildman–Crippen LogP) is 1.19. The van der Waals surface area contributed by atoms with Crippen molar-refractivity contribution in [3.8, 4) is 0 Å². The Bertz CT molecular complexity index is 461. The Morgan fingerprint density at radius 2 is 1.84 bits per heavy atom. The average Bonchev–Trinajstić information content (AvgIpc) is 2.39. The summed E-state index contributed by atoms with van der Waals surface area (Å²) in [5.74, 6) is -1.26. The van der Waals surface area contributed by atoms with Gasteiger partial charge in [-0.25, -0.2) is 0 Å². The Kier molecular flexibility index (Phi) is 6.08.